The summed E-state index contributed by atoms with van der Waals surface area (Å²) in [7, 11) is 3.79. The highest BCUT2D eigenvalue weighted by Crippen LogP contribution is 2.23. The largest absolute Gasteiger partial charge is 0.328 e. The fraction of sp³-hybridized carbons (Fsp3) is 0.417. The Morgan fingerprint density at radius 2 is 2.25 bits per heavy atom. The lowest BCUT2D eigenvalue weighted by Crippen LogP contribution is -2.38. The highest BCUT2D eigenvalue weighted by atomic mass is 16.1. The third kappa shape index (κ3) is 1.10. The molecular formula is C12H15N3O. The fourth-order valence-corrected chi connectivity index (χ4v) is 2.62. The summed E-state index contributed by atoms with van der Waals surface area (Å²) in [4.78, 5) is 12.1. The van der Waals surface area contributed by atoms with Crippen LogP contribution in [0.4, 0.5) is 0 Å². The molecule has 0 aliphatic carbocycles. The third-order valence-electron chi connectivity index (χ3n) is 3.52. The average molecular weight is 217 g/mol. The van der Waals surface area contributed by atoms with Gasteiger partial charge >= 0.3 is 5.69 Å². The van der Waals surface area contributed by atoms with E-state index in [0.717, 1.165) is 24.0 Å². The Morgan fingerprint density at radius 1 is 1.44 bits per heavy atom. The Balaban J connectivity index is 2.38. The number of benzene rings is 1. The molecule has 1 aliphatic heterocycles. The van der Waals surface area contributed by atoms with Gasteiger partial charge in [-0.25, -0.2) is 4.79 Å². The van der Waals surface area contributed by atoms with E-state index in [1.54, 1.807) is 4.57 Å². The molecule has 16 heavy (non-hydrogen) atoms. The van der Waals surface area contributed by atoms with Gasteiger partial charge in [0.2, 0.25) is 0 Å². The zero-order valence-electron chi connectivity index (χ0n) is 9.53. The lowest BCUT2D eigenvalue weighted by molar-refractivity contribution is 0.459. The summed E-state index contributed by atoms with van der Waals surface area (Å²) in [6, 6.07) is 6.51. The molecule has 0 fully saturated rings. The molecule has 84 valence electrons. The molecule has 4 heteroatoms. The van der Waals surface area contributed by atoms with E-state index in [1.807, 2.05) is 30.8 Å². The standard InChI is InChI=1S/C12H15N3O/c1-13-9-6-8-4-3-5-10-11(8)15(7-9)12(16)14(10)2/h3-5,9,13H,6-7H2,1-2H3/t9-/m1/s1. The maximum atomic E-state index is 12.1. The number of nitrogens with one attached hydrogen (secondary N) is 1. The van der Waals surface area contributed by atoms with E-state index in [4.69, 9.17) is 0 Å². The van der Waals surface area contributed by atoms with Crippen LogP contribution in [-0.2, 0) is 20.0 Å². The number of para-hydroxylation sites is 1. The third-order valence-corrected chi connectivity index (χ3v) is 3.52. The second-order valence-corrected chi connectivity index (χ2v) is 4.43. The first kappa shape index (κ1) is 9.66. The van der Waals surface area contributed by atoms with Crippen LogP contribution in [0.25, 0.3) is 11.0 Å². The summed E-state index contributed by atoms with van der Waals surface area (Å²) >= 11 is 0. The van der Waals surface area contributed by atoms with Gasteiger partial charge in [0, 0.05) is 19.6 Å². The van der Waals surface area contributed by atoms with Crippen molar-refractivity contribution in [3.05, 3.63) is 34.2 Å². The van der Waals surface area contributed by atoms with Crippen molar-refractivity contribution in [1.29, 1.82) is 0 Å². The highest BCUT2D eigenvalue weighted by molar-refractivity contribution is 5.80. The second-order valence-electron chi connectivity index (χ2n) is 4.43. The molecule has 2 aromatic rings. The number of imidazole rings is 1. The Hall–Kier alpha value is -1.55. The van der Waals surface area contributed by atoms with Crippen LogP contribution in [0.1, 0.15) is 5.56 Å². The number of likely N-dealkylation sites (N-methyl/N-ethyl adjacent to an activating group) is 1. The van der Waals surface area contributed by atoms with Crippen molar-refractivity contribution >= 4 is 11.0 Å². The van der Waals surface area contributed by atoms with E-state index in [-0.39, 0.29) is 5.69 Å². The molecule has 0 bridgehead atoms. The van der Waals surface area contributed by atoms with Crippen molar-refractivity contribution in [3.8, 4) is 0 Å². The minimum Gasteiger partial charge on any atom is -0.315 e. The van der Waals surface area contributed by atoms with Gasteiger partial charge in [-0.2, -0.15) is 0 Å². The number of hydrogen-bond acceptors (Lipinski definition) is 2. The summed E-state index contributed by atoms with van der Waals surface area (Å²) in [6.07, 6.45) is 0.997. The molecule has 1 aliphatic rings. The molecule has 0 saturated carbocycles. The SMILES string of the molecule is CN[C@@H]1Cc2cccc3c2n(c(=O)n3C)C1. The topological polar surface area (TPSA) is 39.0 Å². The molecule has 1 aromatic heterocycles. The Morgan fingerprint density at radius 3 is 3.00 bits per heavy atom. The van der Waals surface area contributed by atoms with Gasteiger partial charge < -0.3 is 5.32 Å². The Kier molecular flexibility index (Phi) is 1.94. The zero-order valence-corrected chi connectivity index (χ0v) is 9.53. The lowest BCUT2D eigenvalue weighted by Gasteiger charge is -2.22. The predicted octanol–water partition coefficient (Wildman–Crippen LogP) is 0.484. The van der Waals surface area contributed by atoms with Crippen LogP contribution in [-0.4, -0.2) is 22.2 Å². The van der Waals surface area contributed by atoms with E-state index in [0.29, 0.717) is 6.04 Å². The smallest absolute Gasteiger partial charge is 0.315 e. The second kappa shape index (κ2) is 3.22. The molecule has 0 amide bonds. The average Bonchev–Trinajstić information content (AvgIpc) is 2.56. The van der Waals surface area contributed by atoms with Crippen LogP contribution < -0.4 is 11.0 Å². The van der Waals surface area contributed by atoms with Crippen molar-refractivity contribution in [1.82, 2.24) is 14.5 Å². The molecule has 0 spiro atoms. The van der Waals surface area contributed by atoms with Crippen LogP contribution in [0, 0.1) is 0 Å². The Labute approximate surface area is 93.5 Å². The molecular weight excluding hydrogens is 202 g/mol. The van der Waals surface area contributed by atoms with Crippen molar-refractivity contribution < 1.29 is 0 Å². The van der Waals surface area contributed by atoms with Gasteiger partial charge in [-0.3, -0.25) is 9.13 Å². The van der Waals surface area contributed by atoms with Gasteiger partial charge in [-0.15, -0.1) is 0 Å². The van der Waals surface area contributed by atoms with Gasteiger partial charge in [0.05, 0.1) is 11.0 Å². The van der Waals surface area contributed by atoms with Crippen molar-refractivity contribution in [2.45, 2.75) is 19.0 Å². The summed E-state index contributed by atoms with van der Waals surface area (Å²) in [6.45, 7) is 0.768. The molecule has 4 nitrogen and oxygen atoms in total. The van der Waals surface area contributed by atoms with Gasteiger partial charge in [-0.05, 0) is 25.1 Å². The molecule has 0 saturated heterocycles. The maximum absolute atomic E-state index is 12.1. The van der Waals surface area contributed by atoms with E-state index in [9.17, 15) is 4.79 Å². The zero-order chi connectivity index (χ0) is 11.3. The number of nitrogens with zero attached hydrogens (tertiary/aromatic N) is 2. The van der Waals surface area contributed by atoms with Gasteiger partial charge in [-0.1, -0.05) is 12.1 Å². The quantitative estimate of drug-likeness (QED) is 0.755. The molecule has 1 N–H and O–H groups in total. The molecule has 0 unspecified atom stereocenters. The number of rotatable bonds is 1. The Bertz CT molecular complexity index is 608. The summed E-state index contributed by atoms with van der Waals surface area (Å²) in [5, 5.41) is 3.26. The van der Waals surface area contributed by atoms with Crippen molar-refractivity contribution in [3.63, 3.8) is 0 Å². The number of aromatic nitrogens is 2. The molecule has 1 atom stereocenters. The molecule has 1 aromatic carbocycles. The lowest BCUT2D eigenvalue weighted by atomic mass is 10.0. The highest BCUT2D eigenvalue weighted by Gasteiger charge is 2.22. The van der Waals surface area contributed by atoms with E-state index in [2.05, 4.69) is 11.4 Å². The summed E-state index contributed by atoms with van der Waals surface area (Å²) < 4.78 is 3.62. The van der Waals surface area contributed by atoms with E-state index in [1.165, 1.54) is 5.56 Å². The number of aryl methyl sites for hydroxylation is 1. The first-order valence-electron chi connectivity index (χ1n) is 5.56. The van der Waals surface area contributed by atoms with Crippen molar-refractivity contribution in [2.75, 3.05) is 7.05 Å². The van der Waals surface area contributed by atoms with Crippen LogP contribution in [0.2, 0.25) is 0 Å². The normalized spacial score (nSPS) is 19.2. The molecule has 3 rings (SSSR count). The first-order valence-corrected chi connectivity index (χ1v) is 5.56. The van der Waals surface area contributed by atoms with Gasteiger partial charge in [0.15, 0.2) is 0 Å². The van der Waals surface area contributed by atoms with Crippen molar-refractivity contribution in [2.24, 2.45) is 7.05 Å². The summed E-state index contributed by atoms with van der Waals surface area (Å²) in [5.41, 5.74) is 3.50. The van der Waals surface area contributed by atoms with E-state index >= 15 is 0 Å². The maximum Gasteiger partial charge on any atom is 0.328 e. The monoisotopic (exact) mass is 217 g/mol. The predicted molar refractivity (Wildman–Crippen MR) is 63.7 cm³/mol. The van der Waals surface area contributed by atoms with Gasteiger partial charge in [0.25, 0.3) is 0 Å². The molecule has 2 heterocycles. The van der Waals surface area contributed by atoms with Crippen LogP contribution in [0.5, 0.6) is 0 Å². The van der Waals surface area contributed by atoms with E-state index < -0.39 is 0 Å². The minimum atomic E-state index is 0.0856. The van der Waals surface area contributed by atoms with Crippen LogP contribution >= 0.6 is 0 Å². The van der Waals surface area contributed by atoms with Gasteiger partial charge in [0.1, 0.15) is 0 Å². The minimum absolute atomic E-state index is 0.0856. The molecule has 0 radical (unpaired) electrons. The van der Waals surface area contributed by atoms with Crippen LogP contribution in [0.15, 0.2) is 23.0 Å². The van der Waals surface area contributed by atoms with Crippen LogP contribution in [0.3, 0.4) is 0 Å². The fourth-order valence-electron chi connectivity index (χ4n) is 2.62. The number of hydrogen-bond donors (Lipinski definition) is 1. The first-order chi connectivity index (χ1) is 7.72. The summed E-state index contributed by atoms with van der Waals surface area (Å²) in [5.74, 6) is 0.